The average Bonchev–Trinajstić information content (AvgIpc) is 2.88. The van der Waals surface area contributed by atoms with Gasteiger partial charge in [-0.25, -0.2) is 9.71 Å². The van der Waals surface area contributed by atoms with E-state index in [1.807, 2.05) is 0 Å². The molecule has 0 radical (unpaired) electrons. The SMILES string of the molecule is CNS(=O)(=O)N[C@H]1[C@@H]2C[C@](O)(c3cc(Cl)cn4cncc34)C[C@@H]21. The Morgan fingerprint density at radius 2 is 2.13 bits per heavy atom. The van der Waals surface area contributed by atoms with E-state index in [2.05, 4.69) is 14.4 Å². The molecule has 0 spiro atoms. The summed E-state index contributed by atoms with van der Waals surface area (Å²) < 4.78 is 29.8. The van der Waals surface area contributed by atoms with E-state index >= 15 is 0 Å². The third kappa shape index (κ3) is 2.45. The van der Waals surface area contributed by atoms with Crippen LogP contribution >= 0.6 is 11.6 Å². The molecule has 2 fully saturated rings. The third-order valence-electron chi connectivity index (χ3n) is 5.03. The van der Waals surface area contributed by atoms with Gasteiger partial charge in [-0.3, -0.25) is 0 Å². The number of imidazole rings is 1. The molecule has 2 aromatic heterocycles. The highest BCUT2D eigenvalue weighted by Gasteiger charge is 2.62. The van der Waals surface area contributed by atoms with Crippen molar-refractivity contribution in [2.75, 3.05) is 7.05 Å². The number of aromatic nitrogens is 2. The molecule has 2 aromatic rings. The molecule has 7 nitrogen and oxygen atoms in total. The fourth-order valence-corrected chi connectivity index (χ4v) is 4.91. The van der Waals surface area contributed by atoms with Crippen LogP contribution in [0.3, 0.4) is 0 Å². The van der Waals surface area contributed by atoms with Crippen LogP contribution in [0.2, 0.25) is 5.02 Å². The molecule has 4 atom stereocenters. The van der Waals surface area contributed by atoms with Gasteiger partial charge in [-0.2, -0.15) is 13.1 Å². The smallest absolute Gasteiger partial charge is 0.276 e. The number of nitrogens with one attached hydrogen (secondary N) is 2. The zero-order chi connectivity index (χ0) is 16.4. The predicted octanol–water partition coefficient (Wildman–Crippen LogP) is 0.638. The standard InChI is InChI=1S/C14H17ClN4O3S/c1-16-23(21,22)18-13-9-3-14(20,4-10(9)13)11-2-8(15)6-19-7-17-5-12(11)19/h2,5-7,9-10,13,16,18,20H,3-4H2,1H3/t9-,10+,13+,14-. The molecule has 0 saturated heterocycles. The van der Waals surface area contributed by atoms with Crippen LogP contribution in [0.15, 0.2) is 24.8 Å². The topological polar surface area (TPSA) is 95.7 Å². The number of aliphatic hydroxyl groups is 1. The summed E-state index contributed by atoms with van der Waals surface area (Å²) in [6, 6.07) is 1.67. The van der Waals surface area contributed by atoms with Crippen molar-refractivity contribution in [3.8, 4) is 0 Å². The monoisotopic (exact) mass is 356 g/mol. The average molecular weight is 357 g/mol. The number of fused-ring (bicyclic) bond motifs is 2. The van der Waals surface area contributed by atoms with Crippen molar-refractivity contribution in [3.05, 3.63) is 35.4 Å². The maximum atomic E-state index is 11.6. The number of halogens is 1. The molecule has 2 aliphatic rings. The van der Waals surface area contributed by atoms with E-state index in [9.17, 15) is 13.5 Å². The van der Waals surface area contributed by atoms with Crippen LogP contribution in [0.1, 0.15) is 18.4 Å². The minimum Gasteiger partial charge on any atom is -0.385 e. The molecule has 2 aliphatic carbocycles. The second kappa shape index (κ2) is 4.90. The summed E-state index contributed by atoms with van der Waals surface area (Å²) in [5.74, 6) is 0.287. The normalized spacial score (nSPS) is 33.1. The molecule has 0 bridgehead atoms. The van der Waals surface area contributed by atoms with Gasteiger partial charge in [0.25, 0.3) is 10.2 Å². The second-order valence-corrected chi connectivity index (χ2v) is 8.46. The fraction of sp³-hybridized carbons (Fsp3) is 0.500. The molecule has 23 heavy (non-hydrogen) atoms. The van der Waals surface area contributed by atoms with Crippen LogP contribution in [0.5, 0.6) is 0 Å². The summed E-state index contributed by atoms with van der Waals surface area (Å²) >= 11 is 6.14. The number of hydrogen-bond donors (Lipinski definition) is 3. The first-order valence-electron chi connectivity index (χ1n) is 7.38. The number of pyridine rings is 1. The number of hydrogen-bond acceptors (Lipinski definition) is 4. The molecule has 0 amide bonds. The van der Waals surface area contributed by atoms with Crippen molar-refractivity contribution in [3.63, 3.8) is 0 Å². The fourth-order valence-electron chi connectivity index (χ4n) is 3.87. The molecule has 9 heteroatoms. The highest BCUT2D eigenvalue weighted by atomic mass is 35.5. The van der Waals surface area contributed by atoms with Gasteiger partial charge in [0.15, 0.2) is 0 Å². The lowest BCUT2D eigenvalue weighted by molar-refractivity contribution is 0.0300. The summed E-state index contributed by atoms with van der Waals surface area (Å²) in [5.41, 5.74) is 0.582. The summed E-state index contributed by atoms with van der Waals surface area (Å²) in [5, 5.41) is 11.6. The Labute approximate surface area is 138 Å². The van der Waals surface area contributed by atoms with Crippen molar-refractivity contribution in [2.45, 2.75) is 24.5 Å². The van der Waals surface area contributed by atoms with Gasteiger partial charge in [0.2, 0.25) is 0 Å². The largest absolute Gasteiger partial charge is 0.385 e. The Morgan fingerprint density at radius 3 is 2.78 bits per heavy atom. The van der Waals surface area contributed by atoms with Crippen molar-refractivity contribution in [2.24, 2.45) is 11.8 Å². The maximum absolute atomic E-state index is 11.6. The molecule has 0 aliphatic heterocycles. The summed E-state index contributed by atoms with van der Waals surface area (Å²) in [4.78, 5) is 4.10. The van der Waals surface area contributed by atoms with E-state index in [0.29, 0.717) is 17.9 Å². The Hall–Kier alpha value is -1.19. The van der Waals surface area contributed by atoms with Crippen molar-refractivity contribution < 1.29 is 13.5 Å². The van der Waals surface area contributed by atoms with Crippen molar-refractivity contribution in [1.29, 1.82) is 0 Å². The highest BCUT2D eigenvalue weighted by Crippen LogP contribution is 2.60. The van der Waals surface area contributed by atoms with Gasteiger partial charge in [0.05, 0.1) is 28.7 Å². The lowest BCUT2D eigenvalue weighted by Crippen LogP contribution is -2.39. The van der Waals surface area contributed by atoms with E-state index in [0.717, 1.165) is 11.1 Å². The Balaban J connectivity index is 1.60. The van der Waals surface area contributed by atoms with Gasteiger partial charge in [-0.1, -0.05) is 11.6 Å². The zero-order valence-corrected chi connectivity index (χ0v) is 14.0. The molecule has 2 saturated carbocycles. The first kappa shape index (κ1) is 15.3. The first-order valence-corrected chi connectivity index (χ1v) is 9.24. The van der Waals surface area contributed by atoms with Crippen LogP contribution in [0.25, 0.3) is 5.52 Å². The quantitative estimate of drug-likeness (QED) is 0.749. The minimum absolute atomic E-state index is 0.104. The lowest BCUT2D eigenvalue weighted by Gasteiger charge is -2.27. The Bertz CT molecular complexity index is 869. The molecule has 3 N–H and O–H groups in total. The summed E-state index contributed by atoms with van der Waals surface area (Å²) in [6.07, 6.45) is 6.12. The van der Waals surface area contributed by atoms with E-state index in [-0.39, 0.29) is 17.9 Å². The van der Waals surface area contributed by atoms with Crippen molar-refractivity contribution in [1.82, 2.24) is 18.8 Å². The van der Waals surface area contributed by atoms with Crippen LogP contribution in [0.4, 0.5) is 0 Å². The summed E-state index contributed by atoms with van der Waals surface area (Å²) in [6.45, 7) is 0. The van der Waals surface area contributed by atoms with Crippen LogP contribution < -0.4 is 9.44 Å². The molecular formula is C14H17ClN4O3S. The van der Waals surface area contributed by atoms with Crippen LogP contribution in [-0.4, -0.2) is 36.0 Å². The van der Waals surface area contributed by atoms with E-state index in [1.54, 1.807) is 29.2 Å². The zero-order valence-electron chi connectivity index (χ0n) is 12.4. The van der Waals surface area contributed by atoms with Gasteiger partial charge in [0.1, 0.15) is 0 Å². The van der Waals surface area contributed by atoms with E-state index in [4.69, 9.17) is 11.6 Å². The summed E-state index contributed by atoms with van der Waals surface area (Å²) in [7, 11) is -2.08. The van der Waals surface area contributed by atoms with Gasteiger partial charge in [-0.05, 0) is 30.7 Å². The van der Waals surface area contributed by atoms with Gasteiger partial charge >= 0.3 is 0 Å². The minimum atomic E-state index is -3.45. The van der Waals surface area contributed by atoms with Gasteiger partial charge < -0.3 is 9.51 Å². The third-order valence-corrected chi connectivity index (χ3v) is 6.35. The molecule has 124 valence electrons. The predicted molar refractivity (Wildman–Crippen MR) is 85.2 cm³/mol. The second-order valence-electron chi connectivity index (χ2n) is 6.38. The molecule has 4 rings (SSSR count). The van der Waals surface area contributed by atoms with E-state index in [1.165, 1.54) is 7.05 Å². The van der Waals surface area contributed by atoms with Gasteiger partial charge in [-0.15, -0.1) is 0 Å². The molecule has 0 aromatic carbocycles. The highest BCUT2D eigenvalue weighted by molar-refractivity contribution is 7.87. The maximum Gasteiger partial charge on any atom is 0.276 e. The Kier molecular flexibility index (Phi) is 3.27. The number of rotatable bonds is 4. The molecular weight excluding hydrogens is 340 g/mol. The molecule has 0 unspecified atom stereocenters. The lowest BCUT2D eigenvalue weighted by atomic mass is 9.88. The number of nitrogens with zero attached hydrogens (tertiary/aromatic N) is 2. The van der Waals surface area contributed by atoms with Gasteiger partial charge in [0, 0.05) is 24.8 Å². The Morgan fingerprint density at radius 1 is 1.43 bits per heavy atom. The van der Waals surface area contributed by atoms with Crippen LogP contribution in [-0.2, 0) is 15.8 Å². The van der Waals surface area contributed by atoms with Crippen molar-refractivity contribution >= 4 is 27.3 Å². The first-order chi connectivity index (χ1) is 10.8. The molecule has 2 heterocycles. The van der Waals surface area contributed by atoms with Crippen LogP contribution in [0, 0.1) is 11.8 Å². The van der Waals surface area contributed by atoms with E-state index < -0.39 is 15.8 Å².